The van der Waals surface area contributed by atoms with Gasteiger partial charge in [-0.3, -0.25) is 4.79 Å². The van der Waals surface area contributed by atoms with Crippen molar-refractivity contribution in [2.24, 2.45) is 5.73 Å². The maximum Gasteiger partial charge on any atom is 0.239 e. The Morgan fingerprint density at radius 1 is 1.56 bits per heavy atom. The Morgan fingerprint density at radius 2 is 2.22 bits per heavy atom. The van der Waals surface area contributed by atoms with Gasteiger partial charge in [0.05, 0.1) is 6.61 Å². The number of nitrogens with zero attached hydrogens (tertiary/aromatic N) is 1. The first-order valence-corrected chi connectivity index (χ1v) is 5.94. The molecule has 0 spiro atoms. The predicted octanol–water partition coefficient (Wildman–Crippen LogP) is 0.404. The summed E-state index contributed by atoms with van der Waals surface area (Å²) in [5.41, 5.74) is 5.66. The number of ether oxygens (including phenoxy) is 1. The van der Waals surface area contributed by atoms with Gasteiger partial charge in [-0.05, 0) is 25.9 Å². The third-order valence-corrected chi connectivity index (χ3v) is 2.98. The minimum Gasteiger partial charge on any atom is -0.383 e. The Bertz CT molecular complexity index is 232. The third-order valence-electron chi connectivity index (χ3n) is 2.98. The first-order chi connectivity index (χ1) is 7.67. The molecule has 1 fully saturated rings. The molecule has 1 heterocycles. The largest absolute Gasteiger partial charge is 0.383 e. The zero-order valence-corrected chi connectivity index (χ0v) is 12.7. The Balaban J connectivity index is 0. The molecule has 1 aliphatic heterocycles. The lowest BCUT2D eigenvalue weighted by atomic mass is 10.1. The standard InChI is InChI=1S/C11H23N3O2.2ClH/c1-3-14-6-4-5-9(7-14)13-11(15)10(12)8-16-2;;/h9-10H,3-8,12H2,1-2H3,(H,13,15);2*1H. The molecule has 3 N–H and O–H groups in total. The maximum absolute atomic E-state index is 11.7. The number of amides is 1. The summed E-state index contributed by atoms with van der Waals surface area (Å²) in [5.74, 6) is -0.107. The number of likely N-dealkylation sites (tertiary alicyclic amines) is 1. The summed E-state index contributed by atoms with van der Waals surface area (Å²) >= 11 is 0. The molecular weight excluding hydrogens is 277 g/mol. The molecule has 1 rings (SSSR count). The van der Waals surface area contributed by atoms with Crippen LogP contribution in [0.4, 0.5) is 0 Å². The number of piperidine rings is 1. The molecule has 2 unspecified atom stereocenters. The van der Waals surface area contributed by atoms with Crippen LogP contribution in [0.3, 0.4) is 0 Å². The van der Waals surface area contributed by atoms with Crippen LogP contribution >= 0.6 is 24.8 Å². The molecule has 0 aromatic heterocycles. The van der Waals surface area contributed by atoms with Crippen LogP contribution in [0.2, 0.25) is 0 Å². The third kappa shape index (κ3) is 6.75. The van der Waals surface area contributed by atoms with Crippen LogP contribution < -0.4 is 11.1 Å². The number of rotatable bonds is 5. The van der Waals surface area contributed by atoms with Gasteiger partial charge in [0, 0.05) is 19.7 Å². The normalized spacial score (nSPS) is 21.4. The fourth-order valence-corrected chi connectivity index (χ4v) is 2.02. The zero-order chi connectivity index (χ0) is 12.0. The zero-order valence-electron chi connectivity index (χ0n) is 11.1. The molecule has 7 heteroatoms. The van der Waals surface area contributed by atoms with Crippen molar-refractivity contribution in [3.05, 3.63) is 0 Å². The van der Waals surface area contributed by atoms with Crippen molar-refractivity contribution < 1.29 is 9.53 Å². The molecule has 1 saturated heterocycles. The Labute approximate surface area is 122 Å². The lowest BCUT2D eigenvalue weighted by molar-refractivity contribution is -0.124. The molecule has 18 heavy (non-hydrogen) atoms. The van der Waals surface area contributed by atoms with Gasteiger partial charge >= 0.3 is 0 Å². The second-order valence-corrected chi connectivity index (χ2v) is 4.30. The number of hydrogen-bond acceptors (Lipinski definition) is 4. The van der Waals surface area contributed by atoms with E-state index in [4.69, 9.17) is 10.5 Å². The van der Waals surface area contributed by atoms with E-state index in [0.717, 1.165) is 32.5 Å². The van der Waals surface area contributed by atoms with Crippen molar-refractivity contribution in [2.45, 2.75) is 31.8 Å². The fraction of sp³-hybridized carbons (Fsp3) is 0.909. The van der Waals surface area contributed by atoms with E-state index in [2.05, 4.69) is 17.1 Å². The smallest absolute Gasteiger partial charge is 0.239 e. The maximum atomic E-state index is 11.7. The van der Waals surface area contributed by atoms with Gasteiger partial charge in [-0.2, -0.15) is 0 Å². The molecule has 0 saturated carbocycles. The van der Waals surface area contributed by atoms with E-state index < -0.39 is 6.04 Å². The molecule has 5 nitrogen and oxygen atoms in total. The first-order valence-electron chi connectivity index (χ1n) is 5.94. The van der Waals surface area contributed by atoms with Crippen LogP contribution in [0, 0.1) is 0 Å². The van der Waals surface area contributed by atoms with E-state index in [9.17, 15) is 4.79 Å². The number of carbonyl (C=O) groups is 1. The van der Waals surface area contributed by atoms with Gasteiger partial charge in [-0.1, -0.05) is 6.92 Å². The average molecular weight is 302 g/mol. The van der Waals surface area contributed by atoms with Crippen molar-refractivity contribution in [3.8, 4) is 0 Å². The highest BCUT2D eigenvalue weighted by molar-refractivity contribution is 5.85. The van der Waals surface area contributed by atoms with Crippen LogP contribution in [-0.4, -0.2) is 56.2 Å². The molecule has 0 aliphatic carbocycles. The van der Waals surface area contributed by atoms with Crippen molar-refractivity contribution >= 4 is 30.7 Å². The molecular formula is C11H25Cl2N3O2. The summed E-state index contributed by atoms with van der Waals surface area (Å²) in [7, 11) is 1.55. The fourth-order valence-electron chi connectivity index (χ4n) is 2.02. The second-order valence-electron chi connectivity index (χ2n) is 4.30. The molecule has 2 atom stereocenters. The minimum absolute atomic E-state index is 0. The van der Waals surface area contributed by atoms with Crippen LogP contribution in [0.25, 0.3) is 0 Å². The molecule has 1 amide bonds. The Morgan fingerprint density at radius 3 is 2.78 bits per heavy atom. The first kappa shape index (κ1) is 20.3. The van der Waals surface area contributed by atoms with Crippen molar-refractivity contribution in [1.29, 1.82) is 0 Å². The average Bonchev–Trinajstić information content (AvgIpc) is 2.29. The van der Waals surface area contributed by atoms with Crippen LogP contribution in [0.5, 0.6) is 0 Å². The summed E-state index contributed by atoms with van der Waals surface area (Å²) in [5, 5.41) is 2.98. The SMILES string of the molecule is CCN1CCCC(NC(=O)C(N)COC)C1.Cl.Cl. The molecule has 0 bridgehead atoms. The van der Waals surface area contributed by atoms with Gasteiger partial charge < -0.3 is 20.7 Å². The minimum atomic E-state index is -0.554. The molecule has 110 valence electrons. The van der Waals surface area contributed by atoms with E-state index in [1.165, 1.54) is 0 Å². The predicted molar refractivity (Wildman–Crippen MR) is 77.6 cm³/mol. The number of hydrogen-bond donors (Lipinski definition) is 2. The van der Waals surface area contributed by atoms with E-state index in [1.54, 1.807) is 7.11 Å². The summed E-state index contributed by atoms with van der Waals surface area (Å²) in [6, 6.07) is -0.314. The summed E-state index contributed by atoms with van der Waals surface area (Å²) in [6.45, 7) is 5.52. The molecule has 0 aromatic rings. The Kier molecular flexibility index (Phi) is 12.2. The Hall–Kier alpha value is -0.0700. The topological polar surface area (TPSA) is 67.6 Å². The van der Waals surface area contributed by atoms with Crippen molar-refractivity contribution in [3.63, 3.8) is 0 Å². The van der Waals surface area contributed by atoms with Crippen LogP contribution in [-0.2, 0) is 9.53 Å². The van der Waals surface area contributed by atoms with Gasteiger partial charge in [0.2, 0.25) is 5.91 Å². The van der Waals surface area contributed by atoms with Gasteiger partial charge in [0.1, 0.15) is 6.04 Å². The summed E-state index contributed by atoms with van der Waals surface area (Å²) in [4.78, 5) is 14.0. The van der Waals surface area contributed by atoms with E-state index >= 15 is 0 Å². The van der Waals surface area contributed by atoms with Gasteiger partial charge in [-0.15, -0.1) is 24.8 Å². The molecule has 1 aliphatic rings. The molecule has 0 aromatic carbocycles. The summed E-state index contributed by atoms with van der Waals surface area (Å²) < 4.78 is 4.86. The summed E-state index contributed by atoms with van der Waals surface area (Å²) in [6.07, 6.45) is 2.18. The number of carbonyl (C=O) groups excluding carboxylic acids is 1. The number of nitrogens with two attached hydrogens (primary N) is 1. The van der Waals surface area contributed by atoms with E-state index in [0.29, 0.717) is 0 Å². The van der Waals surface area contributed by atoms with E-state index in [1.807, 2.05) is 0 Å². The van der Waals surface area contributed by atoms with E-state index in [-0.39, 0.29) is 43.4 Å². The van der Waals surface area contributed by atoms with Crippen molar-refractivity contribution in [2.75, 3.05) is 33.4 Å². The van der Waals surface area contributed by atoms with Gasteiger partial charge in [0.25, 0.3) is 0 Å². The second kappa shape index (κ2) is 10.8. The monoisotopic (exact) mass is 301 g/mol. The number of likely N-dealkylation sites (N-methyl/N-ethyl adjacent to an activating group) is 1. The van der Waals surface area contributed by atoms with Gasteiger partial charge in [-0.25, -0.2) is 0 Å². The highest BCUT2D eigenvalue weighted by Gasteiger charge is 2.22. The highest BCUT2D eigenvalue weighted by atomic mass is 35.5. The van der Waals surface area contributed by atoms with Crippen molar-refractivity contribution in [1.82, 2.24) is 10.2 Å². The molecule has 0 radical (unpaired) electrons. The number of methoxy groups -OCH3 is 1. The highest BCUT2D eigenvalue weighted by Crippen LogP contribution is 2.09. The lowest BCUT2D eigenvalue weighted by Gasteiger charge is -2.32. The van der Waals surface area contributed by atoms with Crippen LogP contribution in [0.15, 0.2) is 0 Å². The van der Waals surface area contributed by atoms with Gasteiger partial charge in [0.15, 0.2) is 0 Å². The quantitative estimate of drug-likeness (QED) is 0.772. The number of halogens is 2. The lowest BCUT2D eigenvalue weighted by Crippen LogP contribution is -2.52. The number of nitrogens with one attached hydrogen (secondary N) is 1. The van der Waals surface area contributed by atoms with Crippen LogP contribution in [0.1, 0.15) is 19.8 Å².